The number of nitrogens with one attached hydrogen (secondary N) is 1. The average molecular weight is 411 g/mol. The van der Waals surface area contributed by atoms with Gasteiger partial charge < -0.3 is 10.2 Å². The van der Waals surface area contributed by atoms with Gasteiger partial charge in [0.05, 0.1) is 16.3 Å². The van der Waals surface area contributed by atoms with Crippen LogP contribution >= 0.6 is 11.6 Å². The molecule has 1 fully saturated rings. The van der Waals surface area contributed by atoms with Gasteiger partial charge in [0, 0.05) is 24.5 Å². The SMILES string of the molecule is O=C(CCS(=O)(=O)c1ccc(Cl)cc1)Nc1c(F)cccc1N1CCCC1. The fourth-order valence-corrected chi connectivity index (χ4v) is 4.41. The van der Waals surface area contributed by atoms with E-state index in [-0.39, 0.29) is 22.8 Å². The van der Waals surface area contributed by atoms with Gasteiger partial charge >= 0.3 is 0 Å². The van der Waals surface area contributed by atoms with E-state index in [1.54, 1.807) is 12.1 Å². The van der Waals surface area contributed by atoms with Gasteiger partial charge in [0.15, 0.2) is 9.84 Å². The summed E-state index contributed by atoms with van der Waals surface area (Å²) in [7, 11) is -3.62. The molecule has 0 atom stereocenters. The van der Waals surface area contributed by atoms with Gasteiger partial charge in [-0.1, -0.05) is 17.7 Å². The summed E-state index contributed by atoms with van der Waals surface area (Å²) in [4.78, 5) is 14.4. The number of halogens is 2. The summed E-state index contributed by atoms with van der Waals surface area (Å²) >= 11 is 5.76. The van der Waals surface area contributed by atoms with Crippen molar-refractivity contribution in [3.8, 4) is 0 Å². The first-order valence-corrected chi connectivity index (χ1v) is 10.7. The van der Waals surface area contributed by atoms with Crippen LogP contribution in [-0.2, 0) is 14.6 Å². The fourth-order valence-electron chi connectivity index (χ4n) is 3.05. The van der Waals surface area contributed by atoms with Crippen molar-refractivity contribution >= 4 is 38.7 Å². The summed E-state index contributed by atoms with van der Waals surface area (Å²) in [6.07, 6.45) is 1.77. The second-order valence-electron chi connectivity index (χ2n) is 6.40. The van der Waals surface area contributed by atoms with Gasteiger partial charge in [0.25, 0.3) is 0 Å². The molecule has 0 spiro atoms. The molecule has 144 valence electrons. The van der Waals surface area contributed by atoms with Crippen molar-refractivity contribution in [2.45, 2.75) is 24.2 Å². The molecular weight excluding hydrogens is 391 g/mol. The lowest BCUT2D eigenvalue weighted by molar-refractivity contribution is -0.115. The Morgan fingerprint density at radius 1 is 1.11 bits per heavy atom. The number of hydrogen-bond donors (Lipinski definition) is 1. The van der Waals surface area contributed by atoms with Crippen molar-refractivity contribution in [2.24, 2.45) is 0 Å². The zero-order chi connectivity index (χ0) is 19.4. The molecule has 27 heavy (non-hydrogen) atoms. The third-order valence-electron chi connectivity index (χ3n) is 4.47. The number of nitrogens with zero attached hydrogens (tertiary/aromatic N) is 1. The monoisotopic (exact) mass is 410 g/mol. The first-order valence-electron chi connectivity index (χ1n) is 8.68. The van der Waals surface area contributed by atoms with Crippen LogP contribution in [0.4, 0.5) is 15.8 Å². The number of anilines is 2. The summed E-state index contributed by atoms with van der Waals surface area (Å²) < 4.78 is 38.9. The van der Waals surface area contributed by atoms with E-state index >= 15 is 0 Å². The first-order chi connectivity index (χ1) is 12.9. The lowest BCUT2D eigenvalue weighted by atomic mass is 10.2. The predicted octanol–water partition coefficient (Wildman–Crippen LogP) is 3.88. The van der Waals surface area contributed by atoms with E-state index < -0.39 is 21.6 Å². The molecule has 0 radical (unpaired) electrons. The normalized spacial score (nSPS) is 14.4. The highest BCUT2D eigenvalue weighted by Crippen LogP contribution is 2.31. The highest BCUT2D eigenvalue weighted by Gasteiger charge is 2.21. The maximum atomic E-state index is 14.3. The molecule has 1 saturated heterocycles. The summed E-state index contributed by atoms with van der Waals surface area (Å²) in [6.45, 7) is 1.61. The molecule has 1 N–H and O–H groups in total. The lowest BCUT2D eigenvalue weighted by Crippen LogP contribution is -2.23. The van der Waals surface area contributed by atoms with Gasteiger partial charge in [-0.3, -0.25) is 4.79 Å². The molecule has 0 aliphatic carbocycles. The number of hydrogen-bond acceptors (Lipinski definition) is 4. The van der Waals surface area contributed by atoms with Crippen LogP contribution in [-0.4, -0.2) is 33.2 Å². The Balaban J connectivity index is 1.68. The van der Waals surface area contributed by atoms with Crippen LogP contribution in [0.3, 0.4) is 0 Å². The van der Waals surface area contributed by atoms with E-state index in [4.69, 9.17) is 11.6 Å². The number of para-hydroxylation sites is 1. The van der Waals surface area contributed by atoms with Crippen LogP contribution in [0.2, 0.25) is 5.02 Å². The maximum absolute atomic E-state index is 14.3. The quantitative estimate of drug-likeness (QED) is 0.784. The summed E-state index contributed by atoms with van der Waals surface area (Å²) in [6, 6.07) is 10.4. The molecule has 8 heteroatoms. The number of sulfone groups is 1. The van der Waals surface area contributed by atoms with Gasteiger partial charge in [-0.15, -0.1) is 0 Å². The van der Waals surface area contributed by atoms with Gasteiger partial charge in [-0.05, 0) is 49.2 Å². The molecule has 1 amide bonds. The predicted molar refractivity (Wildman–Crippen MR) is 105 cm³/mol. The third-order valence-corrected chi connectivity index (χ3v) is 6.46. The van der Waals surface area contributed by atoms with Crippen LogP contribution in [0.1, 0.15) is 19.3 Å². The third kappa shape index (κ3) is 4.78. The maximum Gasteiger partial charge on any atom is 0.225 e. The highest BCUT2D eigenvalue weighted by atomic mass is 35.5. The van der Waals surface area contributed by atoms with E-state index in [0.717, 1.165) is 25.9 Å². The van der Waals surface area contributed by atoms with E-state index in [2.05, 4.69) is 5.32 Å². The van der Waals surface area contributed by atoms with Crippen molar-refractivity contribution < 1.29 is 17.6 Å². The van der Waals surface area contributed by atoms with E-state index in [1.165, 1.54) is 30.3 Å². The fraction of sp³-hybridized carbons (Fsp3) is 0.316. The van der Waals surface area contributed by atoms with E-state index in [1.807, 2.05) is 4.90 Å². The first kappa shape index (κ1) is 19.6. The number of carbonyl (C=O) groups is 1. The van der Waals surface area contributed by atoms with E-state index in [9.17, 15) is 17.6 Å². The van der Waals surface area contributed by atoms with E-state index in [0.29, 0.717) is 10.7 Å². The molecule has 1 aliphatic rings. The number of benzene rings is 2. The zero-order valence-corrected chi connectivity index (χ0v) is 16.2. The molecule has 0 aromatic heterocycles. The van der Waals surface area contributed by atoms with Crippen LogP contribution < -0.4 is 10.2 Å². The molecule has 0 saturated carbocycles. The van der Waals surface area contributed by atoms with Crippen LogP contribution in [0.15, 0.2) is 47.4 Å². The average Bonchev–Trinajstić information content (AvgIpc) is 3.17. The van der Waals surface area contributed by atoms with Crippen molar-refractivity contribution in [1.82, 2.24) is 0 Å². The number of amides is 1. The molecule has 1 aliphatic heterocycles. The second kappa shape index (κ2) is 8.27. The molecule has 5 nitrogen and oxygen atoms in total. The summed E-state index contributed by atoms with van der Waals surface area (Å²) in [5.41, 5.74) is 0.731. The van der Waals surface area contributed by atoms with Gasteiger partial charge in [-0.2, -0.15) is 0 Å². The molecular formula is C19H20ClFN2O3S. The Morgan fingerprint density at radius 3 is 2.44 bits per heavy atom. The number of carbonyl (C=O) groups excluding carboxylic acids is 1. The lowest BCUT2D eigenvalue weighted by Gasteiger charge is -2.22. The molecule has 0 bridgehead atoms. The van der Waals surface area contributed by atoms with Gasteiger partial charge in [0.1, 0.15) is 11.5 Å². The molecule has 1 heterocycles. The zero-order valence-electron chi connectivity index (χ0n) is 14.6. The minimum absolute atomic E-state index is 0.100. The number of rotatable bonds is 6. The largest absolute Gasteiger partial charge is 0.370 e. The summed E-state index contributed by atoms with van der Waals surface area (Å²) in [5, 5.41) is 2.98. The van der Waals surface area contributed by atoms with Gasteiger partial charge in [0.2, 0.25) is 5.91 Å². The van der Waals surface area contributed by atoms with Crippen LogP contribution in [0.25, 0.3) is 0 Å². The smallest absolute Gasteiger partial charge is 0.225 e. The Bertz CT molecular complexity index is 926. The topological polar surface area (TPSA) is 66.5 Å². The minimum atomic E-state index is -3.62. The van der Waals surface area contributed by atoms with Crippen molar-refractivity contribution in [3.63, 3.8) is 0 Å². The Labute approximate surface area is 163 Å². The summed E-state index contributed by atoms with van der Waals surface area (Å²) in [5.74, 6) is -1.44. The van der Waals surface area contributed by atoms with Crippen molar-refractivity contribution in [3.05, 3.63) is 53.3 Å². The van der Waals surface area contributed by atoms with Crippen LogP contribution in [0.5, 0.6) is 0 Å². The molecule has 3 rings (SSSR count). The standard InChI is InChI=1S/C19H20ClFN2O3S/c20-14-6-8-15(9-7-14)27(25,26)13-10-18(24)22-19-16(21)4-3-5-17(19)23-11-1-2-12-23/h3-9H,1-2,10-13H2,(H,22,24). The van der Waals surface area contributed by atoms with Crippen molar-refractivity contribution in [2.75, 3.05) is 29.1 Å². The Kier molecular flexibility index (Phi) is 6.01. The highest BCUT2D eigenvalue weighted by molar-refractivity contribution is 7.91. The Hall–Kier alpha value is -2.12. The van der Waals surface area contributed by atoms with Crippen molar-refractivity contribution in [1.29, 1.82) is 0 Å². The minimum Gasteiger partial charge on any atom is -0.370 e. The second-order valence-corrected chi connectivity index (χ2v) is 8.94. The Morgan fingerprint density at radius 2 is 1.78 bits per heavy atom. The molecule has 2 aromatic carbocycles. The molecule has 0 unspecified atom stereocenters. The molecule has 2 aromatic rings. The van der Waals surface area contributed by atoms with Gasteiger partial charge in [-0.25, -0.2) is 12.8 Å². The van der Waals surface area contributed by atoms with Crippen LogP contribution in [0, 0.1) is 5.82 Å².